The average molecular weight is 535 g/mol. The van der Waals surface area contributed by atoms with Crippen LogP contribution in [0.15, 0.2) is 91.0 Å². The third-order valence-corrected chi connectivity index (χ3v) is 6.33. The summed E-state index contributed by atoms with van der Waals surface area (Å²) in [4.78, 5) is 51.3. The van der Waals surface area contributed by atoms with Crippen LogP contribution in [0, 0.1) is 0 Å². The van der Waals surface area contributed by atoms with Crippen molar-refractivity contribution in [3.8, 4) is 0 Å². The molecule has 0 radical (unpaired) electrons. The normalized spacial score (nSPS) is 17.4. The number of hydrogen-bond acceptors (Lipinski definition) is 6. The van der Waals surface area contributed by atoms with Crippen molar-refractivity contribution in [2.45, 2.75) is 37.2 Å². The highest BCUT2D eigenvalue weighted by Crippen LogP contribution is 2.31. The molecule has 1 unspecified atom stereocenters. The van der Waals surface area contributed by atoms with Crippen LogP contribution in [0.25, 0.3) is 0 Å². The number of alkyl halides is 1. The smallest absolute Gasteiger partial charge is 0.345 e. The number of likely N-dealkylation sites (tertiary alicyclic amines) is 1. The minimum Gasteiger partial charge on any atom is -0.450 e. The fourth-order valence-electron chi connectivity index (χ4n) is 4.12. The van der Waals surface area contributed by atoms with Gasteiger partial charge in [0.2, 0.25) is 11.4 Å². The van der Waals surface area contributed by atoms with E-state index in [0.29, 0.717) is 0 Å². The van der Waals surface area contributed by atoms with Gasteiger partial charge in [0.25, 0.3) is 5.91 Å². The lowest BCUT2D eigenvalue weighted by Crippen LogP contribution is -2.74. The zero-order chi connectivity index (χ0) is 27.1. The minimum atomic E-state index is -1.54. The standard InChI is InChI=1S/C29H27ClN2O6/c1-19(33)18-37-28-24(31-23(34)17-20-11-5-2-6-12-20)27(35)32(28)26(30)29(36)38-25(21-13-7-3-8-14-21)22-15-9-4-10-16-22/h2-16,24-26,28H,17-18H2,1H3,(H,31,34)/t24-,26?,28+/m0/s1. The number of rotatable bonds is 11. The van der Waals surface area contributed by atoms with Gasteiger partial charge in [0.1, 0.15) is 6.61 Å². The molecule has 1 aliphatic heterocycles. The summed E-state index contributed by atoms with van der Waals surface area (Å²) in [6, 6.07) is 26.2. The zero-order valence-electron chi connectivity index (χ0n) is 20.7. The Morgan fingerprint density at radius 3 is 1.95 bits per heavy atom. The van der Waals surface area contributed by atoms with Gasteiger partial charge in [-0.05, 0) is 23.6 Å². The lowest BCUT2D eigenvalue weighted by Gasteiger charge is -2.47. The van der Waals surface area contributed by atoms with E-state index in [-0.39, 0.29) is 18.8 Å². The first-order valence-electron chi connectivity index (χ1n) is 12.1. The van der Waals surface area contributed by atoms with Crippen LogP contribution in [0.1, 0.15) is 29.7 Å². The number of hydrogen-bond donors (Lipinski definition) is 1. The van der Waals surface area contributed by atoms with Gasteiger partial charge in [-0.2, -0.15) is 0 Å². The number of amides is 2. The first kappa shape index (κ1) is 27.0. The van der Waals surface area contributed by atoms with Crippen molar-refractivity contribution in [2.75, 3.05) is 6.61 Å². The molecule has 38 heavy (non-hydrogen) atoms. The molecule has 9 heteroatoms. The number of halogens is 1. The van der Waals surface area contributed by atoms with Crippen LogP contribution in [-0.4, -0.2) is 52.8 Å². The van der Waals surface area contributed by atoms with Crippen molar-refractivity contribution in [3.63, 3.8) is 0 Å². The molecular formula is C29H27ClN2O6. The molecule has 0 aromatic heterocycles. The van der Waals surface area contributed by atoms with Crippen molar-refractivity contribution < 1.29 is 28.7 Å². The molecule has 1 heterocycles. The quantitative estimate of drug-likeness (QED) is 0.175. The number of esters is 1. The molecular weight excluding hydrogens is 508 g/mol. The number of Topliss-reactive ketones (excluding diaryl/α,β-unsaturated/α-hetero) is 1. The van der Waals surface area contributed by atoms with E-state index in [1.807, 2.05) is 66.7 Å². The second-order valence-corrected chi connectivity index (χ2v) is 9.24. The van der Waals surface area contributed by atoms with E-state index in [4.69, 9.17) is 21.1 Å². The monoisotopic (exact) mass is 534 g/mol. The second-order valence-electron chi connectivity index (χ2n) is 8.83. The fraction of sp³-hybridized carbons (Fsp3) is 0.241. The summed E-state index contributed by atoms with van der Waals surface area (Å²) < 4.78 is 11.4. The molecule has 0 spiro atoms. The predicted molar refractivity (Wildman–Crippen MR) is 140 cm³/mol. The maximum atomic E-state index is 13.2. The summed E-state index contributed by atoms with van der Waals surface area (Å²) in [6.45, 7) is 0.999. The van der Waals surface area contributed by atoms with Gasteiger partial charge < -0.3 is 14.8 Å². The SMILES string of the molecule is CC(=O)CO[C@@H]1[C@@H](NC(=O)Cc2ccccc2)C(=O)N1C(Cl)C(=O)OC(c1ccccc1)c1ccccc1. The summed E-state index contributed by atoms with van der Waals surface area (Å²) in [5.74, 6) is -2.19. The number of nitrogens with zero attached hydrogens (tertiary/aromatic N) is 1. The predicted octanol–water partition coefficient (Wildman–Crippen LogP) is 3.39. The van der Waals surface area contributed by atoms with Gasteiger partial charge in [-0.3, -0.25) is 19.3 Å². The van der Waals surface area contributed by atoms with E-state index in [1.54, 1.807) is 24.3 Å². The van der Waals surface area contributed by atoms with E-state index in [0.717, 1.165) is 21.6 Å². The lowest BCUT2D eigenvalue weighted by molar-refractivity contribution is -0.194. The highest BCUT2D eigenvalue weighted by atomic mass is 35.5. The van der Waals surface area contributed by atoms with Crippen LogP contribution in [0.3, 0.4) is 0 Å². The molecule has 1 N–H and O–H groups in total. The van der Waals surface area contributed by atoms with Gasteiger partial charge in [-0.25, -0.2) is 4.79 Å². The summed E-state index contributed by atoms with van der Waals surface area (Å²) >= 11 is 6.44. The van der Waals surface area contributed by atoms with E-state index < -0.39 is 41.7 Å². The summed E-state index contributed by atoms with van der Waals surface area (Å²) in [6.07, 6.45) is -1.83. The molecule has 196 valence electrons. The summed E-state index contributed by atoms with van der Waals surface area (Å²) in [5.41, 5.74) is 0.667. The topological polar surface area (TPSA) is 102 Å². The summed E-state index contributed by atoms with van der Waals surface area (Å²) in [7, 11) is 0. The van der Waals surface area contributed by atoms with Crippen LogP contribution in [0.4, 0.5) is 0 Å². The molecule has 1 fully saturated rings. The zero-order valence-corrected chi connectivity index (χ0v) is 21.4. The van der Waals surface area contributed by atoms with Gasteiger partial charge in [-0.15, -0.1) is 0 Å². The molecule has 1 saturated heterocycles. The van der Waals surface area contributed by atoms with Crippen molar-refractivity contribution in [1.29, 1.82) is 0 Å². The van der Waals surface area contributed by atoms with E-state index >= 15 is 0 Å². The Balaban J connectivity index is 1.48. The maximum absolute atomic E-state index is 13.2. The third-order valence-electron chi connectivity index (χ3n) is 5.94. The molecule has 2 amide bonds. The Kier molecular flexibility index (Phi) is 8.89. The van der Waals surface area contributed by atoms with Crippen LogP contribution < -0.4 is 5.32 Å². The fourth-order valence-corrected chi connectivity index (χ4v) is 4.37. The Hall–Kier alpha value is -4.01. The third kappa shape index (κ3) is 6.45. The maximum Gasteiger partial charge on any atom is 0.345 e. The highest BCUT2D eigenvalue weighted by molar-refractivity contribution is 6.31. The number of carbonyl (C=O) groups is 4. The van der Waals surface area contributed by atoms with Gasteiger partial charge in [0.15, 0.2) is 24.2 Å². The van der Waals surface area contributed by atoms with Gasteiger partial charge in [0.05, 0.1) is 6.42 Å². The molecule has 3 aromatic rings. The average Bonchev–Trinajstić information content (AvgIpc) is 2.93. The largest absolute Gasteiger partial charge is 0.450 e. The van der Waals surface area contributed by atoms with Crippen LogP contribution in [0.5, 0.6) is 0 Å². The van der Waals surface area contributed by atoms with Crippen LogP contribution >= 0.6 is 11.6 Å². The number of β-lactam (4-membered cyclic amide) rings is 1. The first-order valence-corrected chi connectivity index (χ1v) is 12.5. The second kappa shape index (κ2) is 12.5. The first-order chi connectivity index (χ1) is 18.3. The minimum absolute atomic E-state index is 0.0478. The molecule has 3 atom stereocenters. The van der Waals surface area contributed by atoms with Crippen LogP contribution in [0.2, 0.25) is 0 Å². The number of ketones is 1. The lowest BCUT2D eigenvalue weighted by atomic mass is 10.0. The number of benzene rings is 3. The summed E-state index contributed by atoms with van der Waals surface area (Å²) in [5, 5.41) is 2.63. The van der Waals surface area contributed by atoms with Gasteiger partial charge in [-0.1, -0.05) is 103 Å². The Bertz CT molecular complexity index is 1230. The highest BCUT2D eigenvalue weighted by Gasteiger charge is 2.54. The molecule has 0 bridgehead atoms. The molecule has 1 aliphatic rings. The Morgan fingerprint density at radius 1 is 0.895 bits per heavy atom. The molecule has 0 aliphatic carbocycles. The number of carbonyl (C=O) groups excluding carboxylic acids is 4. The van der Waals surface area contributed by atoms with E-state index in [1.165, 1.54) is 6.92 Å². The molecule has 4 rings (SSSR count). The van der Waals surface area contributed by atoms with E-state index in [9.17, 15) is 19.2 Å². The number of ether oxygens (including phenoxy) is 2. The molecule has 8 nitrogen and oxygen atoms in total. The van der Waals surface area contributed by atoms with Crippen molar-refractivity contribution in [1.82, 2.24) is 10.2 Å². The molecule has 3 aromatic carbocycles. The Morgan fingerprint density at radius 2 is 1.42 bits per heavy atom. The van der Waals surface area contributed by atoms with Gasteiger partial charge >= 0.3 is 5.97 Å². The van der Waals surface area contributed by atoms with Gasteiger partial charge in [0, 0.05) is 0 Å². The number of nitrogens with one attached hydrogen (secondary N) is 1. The Labute approximate surface area is 225 Å². The van der Waals surface area contributed by atoms with Crippen molar-refractivity contribution in [3.05, 3.63) is 108 Å². The van der Waals surface area contributed by atoms with Crippen LogP contribution in [-0.2, 0) is 35.1 Å². The molecule has 0 saturated carbocycles. The van der Waals surface area contributed by atoms with E-state index in [2.05, 4.69) is 5.32 Å². The van der Waals surface area contributed by atoms with Crippen molar-refractivity contribution in [2.24, 2.45) is 0 Å². The van der Waals surface area contributed by atoms with Crippen molar-refractivity contribution >= 4 is 35.2 Å².